The third kappa shape index (κ3) is 1.50. The van der Waals surface area contributed by atoms with Gasteiger partial charge in [0.15, 0.2) is 6.10 Å². The van der Waals surface area contributed by atoms with Gasteiger partial charge in [-0.2, -0.15) is 0 Å². The third-order valence-corrected chi connectivity index (χ3v) is 2.24. The Bertz CT molecular complexity index is 442. The Morgan fingerprint density at radius 3 is 2.93 bits per heavy atom. The van der Waals surface area contributed by atoms with Gasteiger partial charge in [-0.15, -0.1) is 0 Å². The Kier molecular flexibility index (Phi) is 2.03. The second kappa shape index (κ2) is 3.23. The highest BCUT2D eigenvalue weighted by Gasteiger charge is 2.33. The summed E-state index contributed by atoms with van der Waals surface area (Å²) in [5, 5.41) is 19.4. The average Bonchev–Trinajstić information content (AvgIpc) is 2.60. The molecule has 1 atom stereocenters. The monoisotopic (exact) mass is 209 g/mol. The molecule has 0 radical (unpaired) electrons. The van der Waals surface area contributed by atoms with Crippen LogP contribution in [0.4, 0.5) is 5.69 Å². The van der Waals surface area contributed by atoms with Gasteiger partial charge in [-0.05, 0) is 6.07 Å². The lowest BCUT2D eigenvalue weighted by molar-refractivity contribution is -0.385. The van der Waals surface area contributed by atoms with Crippen molar-refractivity contribution in [3.63, 3.8) is 0 Å². The van der Waals surface area contributed by atoms with Crippen molar-refractivity contribution in [1.82, 2.24) is 0 Å². The van der Waals surface area contributed by atoms with Gasteiger partial charge in [-0.25, -0.2) is 4.79 Å². The molecule has 6 nitrogen and oxygen atoms in total. The molecule has 1 aliphatic heterocycles. The Morgan fingerprint density at radius 2 is 2.33 bits per heavy atom. The minimum absolute atomic E-state index is 0.0435. The number of carbonyl (C=O) groups is 1. The van der Waals surface area contributed by atoms with Gasteiger partial charge in [0.05, 0.1) is 10.5 Å². The third-order valence-electron chi connectivity index (χ3n) is 2.24. The van der Waals surface area contributed by atoms with Gasteiger partial charge in [0.25, 0.3) is 5.69 Å². The summed E-state index contributed by atoms with van der Waals surface area (Å²) in [6.07, 6.45) is -0.969. The number of carboxylic acid groups (broad SMARTS) is 1. The minimum atomic E-state index is -1.11. The molecule has 0 saturated carbocycles. The zero-order chi connectivity index (χ0) is 11.0. The highest BCUT2D eigenvalue weighted by atomic mass is 16.6. The van der Waals surface area contributed by atoms with Crippen molar-refractivity contribution in [2.75, 3.05) is 0 Å². The van der Waals surface area contributed by atoms with Gasteiger partial charge in [0, 0.05) is 12.5 Å². The van der Waals surface area contributed by atoms with Crippen LogP contribution in [0.25, 0.3) is 0 Å². The Morgan fingerprint density at radius 1 is 1.60 bits per heavy atom. The smallest absolute Gasteiger partial charge is 0.345 e. The van der Waals surface area contributed by atoms with Crippen molar-refractivity contribution < 1.29 is 19.6 Å². The van der Waals surface area contributed by atoms with E-state index < -0.39 is 17.0 Å². The number of nitrogens with zero attached hydrogens (tertiary/aromatic N) is 1. The van der Waals surface area contributed by atoms with E-state index in [1.165, 1.54) is 18.2 Å². The van der Waals surface area contributed by atoms with Crippen molar-refractivity contribution in [1.29, 1.82) is 0 Å². The van der Waals surface area contributed by atoms with Gasteiger partial charge in [-0.1, -0.05) is 6.07 Å². The molecule has 0 amide bonds. The van der Waals surface area contributed by atoms with E-state index in [4.69, 9.17) is 9.84 Å². The fraction of sp³-hybridized carbons (Fsp3) is 0.222. The second-order valence-corrected chi connectivity index (χ2v) is 3.16. The molecule has 78 valence electrons. The number of nitro benzene ring substituents is 1. The zero-order valence-electron chi connectivity index (χ0n) is 7.54. The molecule has 0 spiro atoms. The largest absolute Gasteiger partial charge is 0.478 e. The maximum absolute atomic E-state index is 10.7. The van der Waals surface area contributed by atoms with Gasteiger partial charge >= 0.3 is 5.97 Å². The van der Waals surface area contributed by atoms with Crippen LogP contribution in [0.1, 0.15) is 5.56 Å². The molecule has 0 fully saturated rings. The van der Waals surface area contributed by atoms with Gasteiger partial charge in [0.1, 0.15) is 5.75 Å². The highest BCUT2D eigenvalue weighted by molar-refractivity contribution is 5.75. The van der Waals surface area contributed by atoms with Gasteiger partial charge < -0.3 is 9.84 Å². The predicted molar refractivity (Wildman–Crippen MR) is 48.9 cm³/mol. The van der Waals surface area contributed by atoms with Crippen LogP contribution in [0.15, 0.2) is 18.2 Å². The summed E-state index contributed by atoms with van der Waals surface area (Å²) < 4.78 is 5.06. The molecule has 0 bridgehead atoms. The number of hydrogen-bond acceptors (Lipinski definition) is 4. The number of fused-ring (bicyclic) bond motifs is 1. The first-order valence-corrected chi connectivity index (χ1v) is 4.25. The van der Waals surface area contributed by atoms with Crippen molar-refractivity contribution in [2.24, 2.45) is 0 Å². The molecule has 0 aromatic heterocycles. The minimum Gasteiger partial charge on any atom is -0.478 e. The quantitative estimate of drug-likeness (QED) is 0.579. The standard InChI is InChI=1S/C9H7NO5/c11-9(12)8-4-5-6(10(13)14)2-1-3-7(5)15-8/h1-3,8H,4H2,(H,11,12). The lowest BCUT2D eigenvalue weighted by Crippen LogP contribution is -2.24. The summed E-state index contributed by atoms with van der Waals surface area (Å²) >= 11 is 0. The SMILES string of the molecule is O=C(O)C1Cc2c(cccc2[N+](=O)[O-])O1. The van der Waals surface area contributed by atoms with E-state index in [1.807, 2.05) is 0 Å². The number of aliphatic carboxylic acids is 1. The van der Waals surface area contributed by atoms with Crippen molar-refractivity contribution in [3.8, 4) is 5.75 Å². The second-order valence-electron chi connectivity index (χ2n) is 3.16. The number of rotatable bonds is 2. The number of ether oxygens (including phenoxy) is 1. The first-order valence-electron chi connectivity index (χ1n) is 4.25. The maximum atomic E-state index is 10.7. The summed E-state index contributed by atoms with van der Waals surface area (Å²) in [6, 6.07) is 4.35. The van der Waals surface area contributed by atoms with E-state index >= 15 is 0 Å². The van der Waals surface area contributed by atoms with Crippen LogP contribution in [-0.2, 0) is 11.2 Å². The Balaban J connectivity index is 2.41. The van der Waals surface area contributed by atoms with E-state index in [0.717, 1.165) is 0 Å². The maximum Gasteiger partial charge on any atom is 0.345 e. The molecular weight excluding hydrogens is 202 g/mol. The number of nitro groups is 1. The molecule has 1 unspecified atom stereocenters. The average molecular weight is 209 g/mol. The van der Waals surface area contributed by atoms with Gasteiger partial charge in [-0.3, -0.25) is 10.1 Å². The molecule has 2 rings (SSSR count). The number of benzene rings is 1. The predicted octanol–water partition coefficient (Wildman–Crippen LogP) is 0.983. The molecule has 15 heavy (non-hydrogen) atoms. The van der Waals surface area contributed by atoms with Crippen LogP contribution >= 0.6 is 0 Å². The zero-order valence-corrected chi connectivity index (χ0v) is 7.54. The summed E-state index contributed by atoms with van der Waals surface area (Å²) in [5.74, 6) is -0.822. The molecule has 0 saturated heterocycles. The van der Waals surface area contributed by atoms with E-state index in [2.05, 4.69) is 0 Å². The molecule has 1 aromatic rings. The fourth-order valence-electron chi connectivity index (χ4n) is 1.56. The van der Waals surface area contributed by atoms with Crippen LogP contribution in [0.5, 0.6) is 5.75 Å². The molecule has 1 heterocycles. The van der Waals surface area contributed by atoms with E-state index in [0.29, 0.717) is 5.56 Å². The highest BCUT2D eigenvalue weighted by Crippen LogP contribution is 2.35. The molecule has 0 aliphatic carbocycles. The number of carboxylic acids is 1. The Labute approximate surface area is 84.2 Å². The lowest BCUT2D eigenvalue weighted by atomic mass is 10.1. The molecule has 1 N–H and O–H groups in total. The van der Waals surface area contributed by atoms with Crippen LogP contribution in [0, 0.1) is 10.1 Å². The lowest BCUT2D eigenvalue weighted by Gasteiger charge is -2.02. The van der Waals surface area contributed by atoms with Crippen molar-refractivity contribution in [2.45, 2.75) is 12.5 Å². The Hall–Kier alpha value is -2.11. The summed E-state index contributed by atoms with van der Waals surface area (Å²) in [7, 11) is 0. The molecule has 1 aromatic carbocycles. The summed E-state index contributed by atoms with van der Waals surface area (Å²) in [4.78, 5) is 20.8. The van der Waals surface area contributed by atoms with Crippen molar-refractivity contribution in [3.05, 3.63) is 33.9 Å². The van der Waals surface area contributed by atoms with Gasteiger partial charge in [0.2, 0.25) is 0 Å². The van der Waals surface area contributed by atoms with Crippen LogP contribution < -0.4 is 4.74 Å². The first-order chi connectivity index (χ1) is 7.09. The van der Waals surface area contributed by atoms with E-state index in [1.54, 1.807) is 0 Å². The molecular formula is C9H7NO5. The molecule has 1 aliphatic rings. The normalized spacial score (nSPS) is 18.0. The van der Waals surface area contributed by atoms with Crippen LogP contribution in [0.3, 0.4) is 0 Å². The van der Waals surface area contributed by atoms with Crippen LogP contribution in [0.2, 0.25) is 0 Å². The number of hydrogen-bond donors (Lipinski definition) is 1. The first kappa shape index (κ1) is 9.45. The summed E-state index contributed by atoms with van der Waals surface area (Å²) in [6.45, 7) is 0. The fourth-order valence-corrected chi connectivity index (χ4v) is 1.56. The van der Waals surface area contributed by atoms with Crippen LogP contribution in [-0.4, -0.2) is 22.1 Å². The molecule has 6 heteroatoms. The van der Waals surface area contributed by atoms with E-state index in [9.17, 15) is 14.9 Å². The van der Waals surface area contributed by atoms with E-state index in [-0.39, 0.29) is 17.9 Å². The summed E-state index contributed by atoms with van der Waals surface area (Å²) in [5.41, 5.74) is 0.270. The van der Waals surface area contributed by atoms with Crippen molar-refractivity contribution >= 4 is 11.7 Å². The topological polar surface area (TPSA) is 89.7 Å².